The number of hydrogen-bond donors (Lipinski definition) is 17. The van der Waals surface area contributed by atoms with Gasteiger partial charge in [-0.3, -0.25) is 5.32 Å². The maximum Gasteiger partial charge on any atom is 0.335 e. The fourth-order valence-corrected chi connectivity index (χ4v) is 8.56. The predicted octanol–water partition coefficient (Wildman–Crippen LogP) is -10.3. The Labute approximate surface area is 392 Å². The molecule has 6 fully saturated rings. The highest BCUT2D eigenvalue weighted by Crippen LogP contribution is 2.37. The third-order valence-corrected chi connectivity index (χ3v) is 12.8. The monoisotopic (exact) mass is 1010 g/mol. The van der Waals surface area contributed by atoms with Gasteiger partial charge in [0.15, 0.2) is 43.8 Å². The van der Waals surface area contributed by atoms with E-state index in [0.29, 0.717) is 6.54 Å². The van der Waals surface area contributed by atoms with E-state index in [1.807, 2.05) is 0 Å². The molecule has 0 saturated carbocycles. The smallest absolute Gasteiger partial charge is 0.335 e. The summed E-state index contributed by atoms with van der Waals surface area (Å²) in [5.74, 6) is -1.74. The first kappa shape index (κ1) is 56.6. The zero-order valence-corrected chi connectivity index (χ0v) is 37.6. The van der Waals surface area contributed by atoms with Gasteiger partial charge < -0.3 is 139 Å². The molecule has 0 aromatic carbocycles. The van der Waals surface area contributed by atoms with Crippen LogP contribution in [-0.4, -0.2) is 298 Å². The molecule has 69 heavy (non-hydrogen) atoms. The molecule has 12 unspecified atom stereocenters. The number of carboxylic acids is 1. The van der Waals surface area contributed by atoms with E-state index in [0.717, 1.165) is 0 Å². The quantitative estimate of drug-likeness (QED) is 0.0475. The number of hydrogen-bond acceptors (Lipinski definition) is 29. The van der Waals surface area contributed by atoms with Crippen LogP contribution >= 0.6 is 0 Å². The van der Waals surface area contributed by atoms with Gasteiger partial charge in [0, 0.05) is 0 Å². The Bertz CT molecular complexity index is 1610. The van der Waals surface area contributed by atoms with E-state index in [1.165, 1.54) is 20.8 Å². The lowest BCUT2D eigenvalue weighted by Gasteiger charge is -2.51. The van der Waals surface area contributed by atoms with Crippen LogP contribution in [0, 0.1) is 0 Å². The molecule has 30 heteroatoms. The zero-order chi connectivity index (χ0) is 50.9. The largest absolute Gasteiger partial charge is 0.479 e. The summed E-state index contributed by atoms with van der Waals surface area (Å²) in [4.78, 5) is 11.6. The number of aliphatic hydroxyl groups is 15. The topological polar surface area (TPSA) is 464 Å². The van der Waals surface area contributed by atoms with Crippen LogP contribution in [0.25, 0.3) is 0 Å². The summed E-state index contributed by atoms with van der Waals surface area (Å²) in [5.41, 5.74) is 0. The Kier molecular flexibility index (Phi) is 19.8. The SMILES string of the molecule is CCNCO[C@@H]1OC(C)[C@H](O)[C@H](O[C@@H]2OC(C)[C@H](O)[C@H](O[C@@H]3OC(CO)[C@@H](O[C@H]4OC(C)[C@H](O)[C@H](O)C4O)[C@H](O)C3O)C2O[C@H]2OC(CO[C@H]3OC(C(=O)O)[C@@H](O)[C@H](O)C3O)[C@@H](O)[C@H](O)C2O)C1O. The number of rotatable bonds is 17. The van der Waals surface area contributed by atoms with E-state index in [2.05, 4.69) is 5.32 Å². The number of carboxylic acid groups (broad SMARTS) is 1. The average Bonchev–Trinajstić information content (AvgIpc) is 3.31. The summed E-state index contributed by atoms with van der Waals surface area (Å²) < 4.78 is 68.8. The Morgan fingerprint density at radius 2 is 0.884 bits per heavy atom. The molecule has 17 N–H and O–H groups in total. The third kappa shape index (κ3) is 12.2. The number of aliphatic carboxylic acids is 1. The van der Waals surface area contributed by atoms with Crippen molar-refractivity contribution in [2.75, 3.05) is 26.5 Å². The van der Waals surface area contributed by atoms with Crippen molar-refractivity contribution < 1.29 is 143 Å². The van der Waals surface area contributed by atoms with Crippen molar-refractivity contribution in [3.05, 3.63) is 0 Å². The van der Waals surface area contributed by atoms with E-state index in [1.54, 1.807) is 6.92 Å². The van der Waals surface area contributed by atoms with E-state index in [9.17, 15) is 86.5 Å². The molecule has 0 aliphatic carbocycles. The maximum absolute atomic E-state index is 11.7. The number of aliphatic hydroxyl groups excluding tert-OH is 15. The molecule has 6 saturated heterocycles. The second-order valence-electron chi connectivity index (χ2n) is 17.7. The first-order chi connectivity index (χ1) is 32.5. The van der Waals surface area contributed by atoms with Crippen molar-refractivity contribution in [2.24, 2.45) is 0 Å². The van der Waals surface area contributed by atoms with E-state index in [4.69, 9.17) is 56.8 Å². The lowest BCUT2D eigenvalue weighted by molar-refractivity contribution is -0.408. The van der Waals surface area contributed by atoms with Gasteiger partial charge in [0.05, 0.1) is 38.3 Å². The van der Waals surface area contributed by atoms with Crippen LogP contribution in [0.4, 0.5) is 0 Å². The van der Waals surface area contributed by atoms with E-state index < -0.39 is 203 Å². The second kappa shape index (κ2) is 24.1. The van der Waals surface area contributed by atoms with Crippen LogP contribution in [0.1, 0.15) is 27.7 Å². The summed E-state index contributed by atoms with van der Waals surface area (Å²) in [7, 11) is 0. The van der Waals surface area contributed by atoms with Crippen molar-refractivity contribution in [1.82, 2.24) is 5.32 Å². The Morgan fingerprint density at radius 3 is 1.49 bits per heavy atom. The van der Waals surface area contributed by atoms with E-state index >= 15 is 0 Å². The maximum atomic E-state index is 11.7. The predicted molar refractivity (Wildman–Crippen MR) is 213 cm³/mol. The standard InChI is InChI=1S/C39H67NO29/c1-5-40-8-59-35-27(55)29(15(43)10(3)60-35)66-39-32(69-37-25(53)19(47)17(45)13(64-37)7-58-34-23(51)20(48)21(49)31(68-34)33(56)57)30(16(44)11(4)62-39)67-38-26(54)22(50)28(12(6-41)63-38)65-36-24(52)18(46)14(42)9(2)61-36/h9-32,34-55H,5-8H2,1-4H3,(H,56,57)/t9?,10?,11?,12?,13?,14-,15-,16-,17+,18-,19-,20-,21-,22+,23?,24?,25?,26?,27?,28+,29-,30-,31?,32?,34-,35+,36+,37+,38-,39-/m0/s1. The minimum atomic E-state index is -2.20. The minimum Gasteiger partial charge on any atom is -0.479 e. The number of nitrogens with one attached hydrogen (secondary N) is 1. The molecule has 0 bridgehead atoms. The molecule has 30 atom stereocenters. The summed E-state index contributed by atoms with van der Waals surface area (Å²) in [6.07, 6.45) is -54.7. The molecule has 0 aromatic rings. The lowest BCUT2D eigenvalue weighted by atomic mass is 9.95. The van der Waals surface area contributed by atoms with Crippen LogP contribution in [0.5, 0.6) is 0 Å². The molecule has 6 rings (SSSR count). The summed E-state index contributed by atoms with van der Waals surface area (Å²) in [6, 6.07) is 0. The lowest BCUT2D eigenvalue weighted by Crippen LogP contribution is -2.68. The van der Waals surface area contributed by atoms with Gasteiger partial charge in [-0.15, -0.1) is 0 Å². The zero-order valence-electron chi connectivity index (χ0n) is 37.6. The fraction of sp³-hybridized carbons (Fsp3) is 0.974. The third-order valence-electron chi connectivity index (χ3n) is 12.8. The normalized spacial score (nSPS) is 52.1. The summed E-state index contributed by atoms with van der Waals surface area (Å²) >= 11 is 0. The molecule has 0 aromatic heterocycles. The van der Waals surface area contributed by atoms with Gasteiger partial charge in [0.2, 0.25) is 0 Å². The molecule has 402 valence electrons. The van der Waals surface area contributed by atoms with Crippen LogP contribution in [0.3, 0.4) is 0 Å². The fourth-order valence-electron chi connectivity index (χ4n) is 8.56. The Hall–Kier alpha value is -1.65. The molecule has 0 radical (unpaired) electrons. The van der Waals surface area contributed by atoms with Crippen LogP contribution in [0.15, 0.2) is 0 Å². The van der Waals surface area contributed by atoms with Crippen LogP contribution < -0.4 is 5.32 Å². The molecular formula is C39H67NO29. The summed E-state index contributed by atoms with van der Waals surface area (Å²) in [6.45, 7) is 4.38. The number of carbonyl (C=O) groups is 1. The Morgan fingerprint density at radius 1 is 0.435 bits per heavy atom. The molecule has 6 aliphatic heterocycles. The molecule has 6 heterocycles. The molecular weight excluding hydrogens is 946 g/mol. The molecule has 30 nitrogen and oxygen atoms in total. The van der Waals surface area contributed by atoms with Gasteiger partial charge in [-0.1, -0.05) is 6.92 Å². The summed E-state index contributed by atoms with van der Waals surface area (Å²) in [5, 5.41) is 175. The van der Waals surface area contributed by atoms with Gasteiger partial charge in [-0.05, 0) is 27.3 Å². The molecule has 0 spiro atoms. The average molecular weight is 1010 g/mol. The van der Waals surface area contributed by atoms with Gasteiger partial charge in [0.25, 0.3) is 0 Å². The van der Waals surface area contributed by atoms with Gasteiger partial charge in [-0.2, -0.15) is 0 Å². The Balaban J connectivity index is 1.28. The van der Waals surface area contributed by atoms with Crippen molar-refractivity contribution in [3.8, 4) is 0 Å². The molecule has 0 amide bonds. The number of ether oxygens (including phenoxy) is 12. The van der Waals surface area contributed by atoms with Crippen molar-refractivity contribution in [2.45, 2.75) is 212 Å². The van der Waals surface area contributed by atoms with Gasteiger partial charge in [0.1, 0.15) is 122 Å². The molecule has 6 aliphatic rings. The van der Waals surface area contributed by atoms with E-state index in [-0.39, 0.29) is 6.73 Å². The van der Waals surface area contributed by atoms with Gasteiger partial charge in [-0.25, -0.2) is 4.79 Å². The first-order valence-corrected chi connectivity index (χ1v) is 22.4. The second-order valence-corrected chi connectivity index (χ2v) is 17.7. The highest BCUT2D eigenvalue weighted by molar-refractivity contribution is 5.73. The van der Waals surface area contributed by atoms with Crippen LogP contribution in [0.2, 0.25) is 0 Å². The van der Waals surface area contributed by atoms with Crippen molar-refractivity contribution in [3.63, 3.8) is 0 Å². The minimum absolute atomic E-state index is 0.113. The first-order valence-electron chi connectivity index (χ1n) is 22.4. The van der Waals surface area contributed by atoms with Crippen LogP contribution in [-0.2, 0) is 61.6 Å². The van der Waals surface area contributed by atoms with Gasteiger partial charge >= 0.3 is 5.97 Å². The highest BCUT2D eigenvalue weighted by Gasteiger charge is 2.57. The van der Waals surface area contributed by atoms with Crippen molar-refractivity contribution >= 4 is 5.97 Å². The highest BCUT2D eigenvalue weighted by atomic mass is 16.8. The van der Waals surface area contributed by atoms with Crippen molar-refractivity contribution in [1.29, 1.82) is 0 Å².